The highest BCUT2D eigenvalue weighted by atomic mass is 16.3. The van der Waals surface area contributed by atoms with Gasteiger partial charge in [-0.2, -0.15) is 0 Å². The number of carbonyl (C=O) groups excluding carboxylic acids is 2. The van der Waals surface area contributed by atoms with Gasteiger partial charge >= 0.3 is 0 Å². The number of hydrogen-bond acceptors (Lipinski definition) is 3. The lowest BCUT2D eigenvalue weighted by Crippen LogP contribution is -2.23. The Labute approximate surface area is 164 Å². The van der Waals surface area contributed by atoms with Gasteiger partial charge in [-0.15, -0.1) is 0 Å². The van der Waals surface area contributed by atoms with Crippen molar-refractivity contribution in [3.8, 4) is 5.75 Å². The summed E-state index contributed by atoms with van der Waals surface area (Å²) in [4.78, 5) is 24.1. The van der Waals surface area contributed by atoms with Crippen LogP contribution in [0.15, 0.2) is 72.8 Å². The number of aromatic hydroxyl groups is 1. The van der Waals surface area contributed by atoms with Gasteiger partial charge in [-0.25, -0.2) is 0 Å². The SMILES string of the molecule is CNC(=O)c1ccc(CNC(=O)c2cc(Cc3ccccc3)ccc2O)cc1. The fourth-order valence-electron chi connectivity index (χ4n) is 2.90. The lowest BCUT2D eigenvalue weighted by Gasteiger charge is -2.10. The predicted molar refractivity (Wildman–Crippen MR) is 108 cm³/mol. The molecule has 3 aromatic carbocycles. The summed E-state index contributed by atoms with van der Waals surface area (Å²) in [7, 11) is 1.58. The van der Waals surface area contributed by atoms with Crippen molar-refractivity contribution >= 4 is 11.8 Å². The highest BCUT2D eigenvalue weighted by molar-refractivity contribution is 5.97. The predicted octanol–water partition coefficient (Wildman–Crippen LogP) is 3.27. The molecule has 0 aliphatic heterocycles. The van der Waals surface area contributed by atoms with Gasteiger partial charge in [0.05, 0.1) is 5.56 Å². The van der Waals surface area contributed by atoms with Crippen LogP contribution < -0.4 is 10.6 Å². The summed E-state index contributed by atoms with van der Waals surface area (Å²) >= 11 is 0. The molecule has 0 atom stereocenters. The molecule has 0 aliphatic rings. The second kappa shape index (κ2) is 8.86. The minimum absolute atomic E-state index is 0.0516. The Bertz CT molecular complexity index is 967. The van der Waals surface area contributed by atoms with E-state index in [1.807, 2.05) is 36.4 Å². The molecule has 0 heterocycles. The number of hydrogen-bond donors (Lipinski definition) is 3. The van der Waals surface area contributed by atoms with Crippen LogP contribution in [0.3, 0.4) is 0 Å². The van der Waals surface area contributed by atoms with Crippen LogP contribution >= 0.6 is 0 Å². The zero-order chi connectivity index (χ0) is 19.9. The van der Waals surface area contributed by atoms with E-state index in [0.717, 1.165) is 16.7 Å². The van der Waals surface area contributed by atoms with Crippen molar-refractivity contribution in [2.75, 3.05) is 7.05 Å². The quantitative estimate of drug-likeness (QED) is 0.620. The van der Waals surface area contributed by atoms with Crippen molar-refractivity contribution in [2.45, 2.75) is 13.0 Å². The molecule has 3 aromatic rings. The number of phenolic OH excluding ortho intramolecular Hbond substituents is 1. The van der Waals surface area contributed by atoms with Gasteiger partial charge in [-0.1, -0.05) is 48.5 Å². The first kappa shape index (κ1) is 19.2. The van der Waals surface area contributed by atoms with Gasteiger partial charge in [0, 0.05) is 19.2 Å². The molecule has 0 aromatic heterocycles. The molecule has 0 radical (unpaired) electrons. The Hall–Kier alpha value is -3.60. The monoisotopic (exact) mass is 374 g/mol. The third kappa shape index (κ3) is 4.76. The summed E-state index contributed by atoms with van der Waals surface area (Å²) in [6.07, 6.45) is 0.683. The smallest absolute Gasteiger partial charge is 0.255 e. The van der Waals surface area contributed by atoms with Crippen LogP contribution in [-0.4, -0.2) is 24.0 Å². The average Bonchev–Trinajstić information content (AvgIpc) is 2.74. The van der Waals surface area contributed by atoms with Gasteiger partial charge in [-0.3, -0.25) is 9.59 Å². The standard InChI is InChI=1S/C23H22N2O3/c1-24-22(27)19-10-7-17(8-11-19)15-25-23(28)20-14-18(9-12-21(20)26)13-16-5-3-2-4-6-16/h2-12,14,26H,13,15H2,1H3,(H,24,27)(H,25,28). The number of nitrogens with one attached hydrogen (secondary N) is 2. The fraction of sp³-hybridized carbons (Fsp3) is 0.130. The fourth-order valence-corrected chi connectivity index (χ4v) is 2.90. The van der Waals surface area contributed by atoms with Crippen LogP contribution in [0.4, 0.5) is 0 Å². The van der Waals surface area contributed by atoms with Crippen LogP contribution in [0.25, 0.3) is 0 Å². The number of benzene rings is 3. The number of amides is 2. The van der Waals surface area contributed by atoms with E-state index in [2.05, 4.69) is 10.6 Å². The summed E-state index contributed by atoms with van der Waals surface area (Å²) < 4.78 is 0. The second-order valence-electron chi connectivity index (χ2n) is 6.47. The highest BCUT2D eigenvalue weighted by Gasteiger charge is 2.12. The molecule has 0 unspecified atom stereocenters. The minimum atomic E-state index is -0.345. The summed E-state index contributed by atoms with van der Waals surface area (Å²) in [6.45, 7) is 0.301. The van der Waals surface area contributed by atoms with Crippen LogP contribution in [0.5, 0.6) is 5.75 Å². The summed E-state index contributed by atoms with van der Waals surface area (Å²) in [6, 6.07) is 22.0. The maximum atomic E-state index is 12.5. The van der Waals surface area contributed by atoms with Crippen LogP contribution in [0.2, 0.25) is 0 Å². The first-order valence-electron chi connectivity index (χ1n) is 9.02. The molecule has 0 bridgehead atoms. The van der Waals surface area contributed by atoms with Gasteiger partial charge in [0.1, 0.15) is 5.75 Å². The Morgan fingerprint density at radius 3 is 2.18 bits per heavy atom. The Balaban J connectivity index is 1.66. The van der Waals surface area contributed by atoms with E-state index in [9.17, 15) is 14.7 Å². The van der Waals surface area contributed by atoms with Gasteiger partial charge in [0.15, 0.2) is 0 Å². The number of phenols is 1. The molecular weight excluding hydrogens is 352 g/mol. The molecule has 142 valence electrons. The first-order chi connectivity index (χ1) is 13.6. The highest BCUT2D eigenvalue weighted by Crippen LogP contribution is 2.20. The van der Waals surface area contributed by atoms with Gasteiger partial charge in [-0.05, 0) is 47.4 Å². The molecule has 0 aliphatic carbocycles. The molecule has 28 heavy (non-hydrogen) atoms. The van der Waals surface area contributed by atoms with Gasteiger partial charge in [0.2, 0.25) is 0 Å². The van der Waals surface area contributed by atoms with Gasteiger partial charge in [0.25, 0.3) is 11.8 Å². The Kier molecular flexibility index (Phi) is 6.07. The summed E-state index contributed by atoms with van der Waals surface area (Å²) in [5.74, 6) is -0.553. The average molecular weight is 374 g/mol. The Morgan fingerprint density at radius 2 is 1.50 bits per heavy atom. The molecule has 0 fully saturated rings. The van der Waals surface area contributed by atoms with E-state index in [1.54, 1.807) is 43.4 Å². The topological polar surface area (TPSA) is 78.4 Å². The van der Waals surface area contributed by atoms with E-state index < -0.39 is 0 Å². The number of carbonyl (C=O) groups is 2. The lowest BCUT2D eigenvalue weighted by atomic mass is 10.0. The van der Waals surface area contributed by atoms with E-state index in [-0.39, 0.29) is 23.1 Å². The largest absolute Gasteiger partial charge is 0.507 e. The van der Waals surface area contributed by atoms with E-state index >= 15 is 0 Å². The molecule has 0 saturated heterocycles. The maximum Gasteiger partial charge on any atom is 0.255 e. The maximum absolute atomic E-state index is 12.5. The zero-order valence-corrected chi connectivity index (χ0v) is 15.6. The molecule has 3 rings (SSSR count). The van der Waals surface area contributed by atoms with Crippen molar-refractivity contribution < 1.29 is 14.7 Å². The van der Waals surface area contributed by atoms with Crippen molar-refractivity contribution in [3.63, 3.8) is 0 Å². The first-order valence-corrected chi connectivity index (χ1v) is 9.02. The third-order valence-electron chi connectivity index (χ3n) is 4.45. The zero-order valence-electron chi connectivity index (χ0n) is 15.6. The molecule has 2 amide bonds. The minimum Gasteiger partial charge on any atom is -0.507 e. The summed E-state index contributed by atoms with van der Waals surface area (Å²) in [5, 5.41) is 15.5. The lowest BCUT2D eigenvalue weighted by molar-refractivity contribution is 0.0943. The van der Waals surface area contributed by atoms with Crippen molar-refractivity contribution in [3.05, 3.63) is 101 Å². The second-order valence-corrected chi connectivity index (χ2v) is 6.47. The van der Waals surface area contributed by atoms with Crippen LogP contribution in [-0.2, 0) is 13.0 Å². The van der Waals surface area contributed by atoms with Crippen LogP contribution in [0, 0.1) is 0 Å². The van der Waals surface area contributed by atoms with Crippen molar-refractivity contribution in [1.82, 2.24) is 10.6 Å². The normalized spacial score (nSPS) is 10.3. The molecule has 5 heteroatoms. The Morgan fingerprint density at radius 1 is 0.821 bits per heavy atom. The van der Waals surface area contributed by atoms with E-state index in [1.165, 1.54) is 0 Å². The molecule has 0 spiro atoms. The van der Waals surface area contributed by atoms with Gasteiger partial charge < -0.3 is 15.7 Å². The third-order valence-corrected chi connectivity index (χ3v) is 4.45. The molecular formula is C23H22N2O3. The van der Waals surface area contributed by atoms with Crippen molar-refractivity contribution in [2.24, 2.45) is 0 Å². The van der Waals surface area contributed by atoms with E-state index in [4.69, 9.17) is 0 Å². The van der Waals surface area contributed by atoms with Crippen LogP contribution in [0.1, 0.15) is 37.4 Å². The molecule has 0 saturated carbocycles. The summed E-state index contributed by atoms with van der Waals surface area (Å²) in [5.41, 5.74) is 3.75. The number of rotatable bonds is 6. The van der Waals surface area contributed by atoms with Crippen molar-refractivity contribution in [1.29, 1.82) is 0 Å². The molecule has 5 nitrogen and oxygen atoms in total. The molecule has 3 N–H and O–H groups in total. The van der Waals surface area contributed by atoms with E-state index in [0.29, 0.717) is 18.5 Å².